The molecular formula is C63H46N2. The molecule has 1 heterocycles. The van der Waals surface area contributed by atoms with E-state index in [1.165, 1.54) is 94.3 Å². The highest BCUT2D eigenvalue weighted by Crippen LogP contribution is 2.54. The molecule has 308 valence electrons. The zero-order chi connectivity index (χ0) is 43.5. The first-order valence-corrected chi connectivity index (χ1v) is 22.6. The molecule has 0 bridgehead atoms. The van der Waals surface area contributed by atoms with E-state index in [1.54, 1.807) is 0 Å². The lowest BCUT2D eigenvalue weighted by molar-refractivity contribution is 0.660. The Kier molecular flexibility index (Phi) is 9.21. The van der Waals surface area contributed by atoms with Crippen molar-refractivity contribution in [3.8, 4) is 61.3 Å². The molecule has 1 aromatic heterocycles. The summed E-state index contributed by atoms with van der Waals surface area (Å²) in [7, 11) is 0. The van der Waals surface area contributed by atoms with Crippen molar-refractivity contribution in [2.24, 2.45) is 0 Å². The number of rotatable bonds is 8. The molecule has 0 fully saturated rings. The van der Waals surface area contributed by atoms with Crippen molar-refractivity contribution in [3.63, 3.8) is 0 Å². The second-order valence-corrected chi connectivity index (χ2v) is 17.7. The Hall–Kier alpha value is -8.20. The van der Waals surface area contributed by atoms with Crippen molar-refractivity contribution in [2.45, 2.75) is 19.3 Å². The standard InChI is InChI=1S/C63H46N2/c1-63(2)56-27-14-12-24-54(56)62-57(63)28-17-31-60(62)64(50-36-32-46(33-37-50)43-18-6-3-7-19-43)51-38-34-47(35-39-51)53-26-16-30-59-61(53)55-25-13-15-29-58(55)65(59)52-41-48(44-20-8-4-9-21-44)40-49(42-52)45-22-10-5-11-23-45/h3-42H,1-2H3. The van der Waals surface area contributed by atoms with E-state index < -0.39 is 0 Å². The summed E-state index contributed by atoms with van der Waals surface area (Å²) in [4.78, 5) is 2.45. The maximum atomic E-state index is 2.46. The predicted octanol–water partition coefficient (Wildman–Crippen LogP) is 17.2. The molecule has 1 aliphatic carbocycles. The zero-order valence-electron chi connectivity index (χ0n) is 36.5. The first-order chi connectivity index (χ1) is 32.0. The number of nitrogens with zero attached hydrogens (tertiary/aromatic N) is 2. The van der Waals surface area contributed by atoms with Crippen molar-refractivity contribution in [1.29, 1.82) is 0 Å². The molecule has 2 nitrogen and oxygen atoms in total. The van der Waals surface area contributed by atoms with Gasteiger partial charge in [0.05, 0.1) is 16.7 Å². The Balaban J connectivity index is 1.01. The van der Waals surface area contributed by atoms with E-state index in [0.29, 0.717) is 0 Å². The van der Waals surface area contributed by atoms with E-state index in [2.05, 4.69) is 266 Å². The van der Waals surface area contributed by atoms with Gasteiger partial charge in [0, 0.05) is 38.8 Å². The van der Waals surface area contributed by atoms with Crippen molar-refractivity contribution in [3.05, 3.63) is 254 Å². The Labute approximate surface area is 381 Å². The summed E-state index contributed by atoms with van der Waals surface area (Å²) >= 11 is 0. The largest absolute Gasteiger partial charge is 0.310 e. The minimum absolute atomic E-state index is 0.113. The molecule has 0 amide bonds. The number of hydrogen-bond donors (Lipinski definition) is 0. The Morgan fingerprint density at radius 2 is 0.831 bits per heavy atom. The molecule has 0 spiro atoms. The molecule has 0 aliphatic heterocycles. The van der Waals surface area contributed by atoms with Gasteiger partial charge < -0.3 is 9.47 Å². The fraction of sp³-hybridized carbons (Fsp3) is 0.0476. The summed E-state index contributed by atoms with van der Waals surface area (Å²) in [5, 5.41) is 2.48. The third-order valence-corrected chi connectivity index (χ3v) is 13.6. The van der Waals surface area contributed by atoms with Crippen molar-refractivity contribution < 1.29 is 0 Å². The fourth-order valence-corrected chi connectivity index (χ4v) is 10.4. The maximum Gasteiger partial charge on any atom is 0.0547 e. The highest BCUT2D eigenvalue weighted by molar-refractivity contribution is 6.16. The molecule has 0 atom stereocenters. The van der Waals surface area contributed by atoms with Gasteiger partial charge in [-0.15, -0.1) is 0 Å². The van der Waals surface area contributed by atoms with Crippen LogP contribution in [0, 0.1) is 0 Å². The molecule has 2 heteroatoms. The minimum atomic E-state index is -0.113. The number of hydrogen-bond acceptors (Lipinski definition) is 1. The average Bonchev–Trinajstić information content (AvgIpc) is 3.84. The Morgan fingerprint density at radius 1 is 0.354 bits per heavy atom. The van der Waals surface area contributed by atoms with E-state index in [4.69, 9.17) is 0 Å². The molecule has 10 aromatic carbocycles. The number of aromatic nitrogens is 1. The second-order valence-electron chi connectivity index (χ2n) is 17.7. The van der Waals surface area contributed by atoms with Crippen molar-refractivity contribution in [2.75, 3.05) is 4.90 Å². The summed E-state index contributed by atoms with van der Waals surface area (Å²) in [5.74, 6) is 0. The average molecular weight is 831 g/mol. The summed E-state index contributed by atoms with van der Waals surface area (Å²) in [6.07, 6.45) is 0. The summed E-state index contributed by atoms with van der Waals surface area (Å²) in [6.45, 7) is 4.71. The van der Waals surface area contributed by atoms with Gasteiger partial charge in [0.15, 0.2) is 0 Å². The van der Waals surface area contributed by atoms with Gasteiger partial charge in [-0.25, -0.2) is 0 Å². The van der Waals surface area contributed by atoms with Crippen LogP contribution in [0.2, 0.25) is 0 Å². The summed E-state index contributed by atoms with van der Waals surface area (Å²) in [6, 6.07) is 88.8. The second kappa shape index (κ2) is 15.6. The van der Waals surface area contributed by atoms with Gasteiger partial charge in [0.1, 0.15) is 0 Å². The third kappa shape index (κ3) is 6.49. The lowest BCUT2D eigenvalue weighted by atomic mass is 9.82. The summed E-state index contributed by atoms with van der Waals surface area (Å²) in [5.41, 5.74) is 21.7. The van der Waals surface area contributed by atoms with Crippen LogP contribution in [0.5, 0.6) is 0 Å². The Morgan fingerprint density at radius 3 is 1.48 bits per heavy atom. The van der Waals surface area contributed by atoms with Crippen LogP contribution in [0.25, 0.3) is 83.1 Å². The SMILES string of the molecule is CC1(C)c2ccccc2-c2c(N(c3ccc(-c4ccccc4)cc3)c3ccc(-c4cccc5c4c4ccccc4n5-c4cc(-c5ccccc5)cc(-c5ccccc5)c4)cc3)cccc21. The first-order valence-electron chi connectivity index (χ1n) is 22.6. The molecule has 65 heavy (non-hydrogen) atoms. The molecule has 0 N–H and O–H groups in total. The van der Waals surface area contributed by atoms with Gasteiger partial charge in [-0.3, -0.25) is 0 Å². The lowest BCUT2D eigenvalue weighted by Gasteiger charge is -2.29. The highest BCUT2D eigenvalue weighted by atomic mass is 15.1. The number of fused-ring (bicyclic) bond motifs is 6. The van der Waals surface area contributed by atoms with Crippen molar-refractivity contribution in [1.82, 2.24) is 4.57 Å². The Bertz CT molecular complexity index is 3470. The summed E-state index contributed by atoms with van der Waals surface area (Å²) < 4.78 is 2.46. The van der Waals surface area contributed by atoms with E-state index >= 15 is 0 Å². The highest BCUT2D eigenvalue weighted by Gasteiger charge is 2.37. The fourth-order valence-electron chi connectivity index (χ4n) is 10.4. The van der Waals surface area contributed by atoms with E-state index in [0.717, 1.165) is 17.1 Å². The maximum absolute atomic E-state index is 2.46. The topological polar surface area (TPSA) is 8.17 Å². The quantitative estimate of drug-likeness (QED) is 0.148. The molecule has 11 aromatic rings. The molecule has 0 unspecified atom stereocenters. The van der Waals surface area contributed by atoms with Gasteiger partial charge in [-0.1, -0.05) is 196 Å². The van der Waals surface area contributed by atoms with Crippen LogP contribution in [0.3, 0.4) is 0 Å². The normalized spacial score (nSPS) is 12.6. The number of para-hydroxylation sites is 1. The van der Waals surface area contributed by atoms with Crippen LogP contribution in [0.1, 0.15) is 25.0 Å². The molecule has 0 saturated carbocycles. The smallest absolute Gasteiger partial charge is 0.0547 e. The van der Waals surface area contributed by atoms with Crippen LogP contribution in [0.4, 0.5) is 17.1 Å². The van der Waals surface area contributed by atoms with Crippen molar-refractivity contribution >= 4 is 38.9 Å². The van der Waals surface area contributed by atoms with E-state index in [-0.39, 0.29) is 5.41 Å². The van der Waals surface area contributed by atoms with E-state index in [1.807, 2.05) is 0 Å². The zero-order valence-corrected chi connectivity index (χ0v) is 36.5. The van der Waals surface area contributed by atoms with Gasteiger partial charge in [-0.05, 0) is 122 Å². The minimum Gasteiger partial charge on any atom is -0.310 e. The van der Waals surface area contributed by atoms with Crippen LogP contribution in [-0.2, 0) is 5.41 Å². The van der Waals surface area contributed by atoms with Crippen LogP contribution in [0.15, 0.2) is 243 Å². The first kappa shape index (κ1) is 38.5. The number of anilines is 3. The molecule has 12 rings (SSSR count). The molecule has 0 saturated heterocycles. The van der Waals surface area contributed by atoms with Gasteiger partial charge in [0.2, 0.25) is 0 Å². The van der Waals surface area contributed by atoms with E-state index in [9.17, 15) is 0 Å². The molecular weight excluding hydrogens is 785 g/mol. The predicted molar refractivity (Wildman–Crippen MR) is 275 cm³/mol. The van der Waals surface area contributed by atoms with Crippen LogP contribution in [-0.4, -0.2) is 4.57 Å². The molecule has 1 aliphatic rings. The molecule has 0 radical (unpaired) electrons. The number of benzene rings is 10. The van der Waals surface area contributed by atoms with Gasteiger partial charge in [0.25, 0.3) is 0 Å². The monoisotopic (exact) mass is 830 g/mol. The third-order valence-electron chi connectivity index (χ3n) is 13.6. The van der Waals surface area contributed by atoms with Gasteiger partial charge >= 0.3 is 0 Å². The van der Waals surface area contributed by atoms with Crippen LogP contribution < -0.4 is 4.90 Å². The van der Waals surface area contributed by atoms with Crippen LogP contribution >= 0.6 is 0 Å². The van der Waals surface area contributed by atoms with Gasteiger partial charge in [-0.2, -0.15) is 0 Å². The lowest BCUT2D eigenvalue weighted by Crippen LogP contribution is -2.16.